The number of carbonyl (C=O) groups is 1. The molecule has 0 radical (unpaired) electrons. The highest BCUT2D eigenvalue weighted by Gasteiger charge is 2.02. The number of amides is 1. The zero-order chi connectivity index (χ0) is 9.68. The predicted molar refractivity (Wildman–Crippen MR) is 45.4 cm³/mol. The van der Waals surface area contributed by atoms with E-state index < -0.39 is 5.91 Å². The first-order valence-corrected chi connectivity index (χ1v) is 3.31. The Kier molecular flexibility index (Phi) is 2.73. The first-order chi connectivity index (χ1) is 6.27. The number of carbonyl (C=O) groups excluding carboxylic acids is 1. The Bertz CT molecular complexity index is 395. The normalized spacial score (nSPS) is 8.62. The van der Waals surface area contributed by atoms with Crippen molar-refractivity contribution < 1.29 is 4.79 Å². The van der Waals surface area contributed by atoms with Gasteiger partial charge in [-0.1, -0.05) is 12.1 Å². The Morgan fingerprint density at radius 2 is 2.23 bits per heavy atom. The van der Waals surface area contributed by atoms with Crippen molar-refractivity contribution in [3.63, 3.8) is 0 Å². The van der Waals surface area contributed by atoms with Crippen LogP contribution >= 0.6 is 0 Å². The Morgan fingerprint density at radius 1 is 1.46 bits per heavy atom. The second-order valence-electron chi connectivity index (χ2n) is 2.14. The van der Waals surface area contributed by atoms with Crippen LogP contribution in [0.5, 0.6) is 0 Å². The van der Waals surface area contributed by atoms with E-state index in [1.54, 1.807) is 0 Å². The molecule has 1 aromatic rings. The molecule has 0 saturated heterocycles. The number of hydrogen-bond acceptors (Lipinski definition) is 3. The summed E-state index contributed by atoms with van der Waals surface area (Å²) < 4.78 is 0. The summed E-state index contributed by atoms with van der Waals surface area (Å²) in [6.07, 6.45) is 0. The van der Waals surface area contributed by atoms with Crippen LogP contribution in [0.2, 0.25) is 0 Å². The maximum Gasteiger partial charge on any atom is 0.249 e. The lowest BCUT2D eigenvalue weighted by atomic mass is 10.2. The fourth-order valence-corrected chi connectivity index (χ4v) is 0.794. The van der Waals surface area contributed by atoms with Crippen LogP contribution in [0.15, 0.2) is 34.6 Å². The molecule has 0 atom stereocenters. The monoisotopic (exact) mass is 176 g/mol. The van der Waals surface area contributed by atoms with Gasteiger partial charge in [-0.2, -0.15) is 0 Å². The molecule has 0 aliphatic carbocycles. The van der Waals surface area contributed by atoms with Crippen LogP contribution < -0.4 is 0 Å². The van der Waals surface area contributed by atoms with E-state index in [4.69, 9.17) is 5.53 Å². The van der Waals surface area contributed by atoms with Gasteiger partial charge in [-0.15, -0.1) is 4.91 Å². The van der Waals surface area contributed by atoms with Crippen molar-refractivity contribution in [3.05, 3.63) is 45.2 Å². The maximum atomic E-state index is 10.9. The summed E-state index contributed by atoms with van der Waals surface area (Å²) >= 11 is 0. The minimum absolute atomic E-state index is 0.124. The molecule has 6 nitrogen and oxygen atoms in total. The van der Waals surface area contributed by atoms with E-state index >= 15 is 0 Å². The number of hydrogen-bond donors (Lipinski definition) is 0. The van der Waals surface area contributed by atoms with Crippen molar-refractivity contribution in [3.8, 4) is 0 Å². The van der Waals surface area contributed by atoms with Crippen LogP contribution in [0.4, 0.5) is 5.69 Å². The zero-order valence-electron chi connectivity index (χ0n) is 6.41. The van der Waals surface area contributed by atoms with Gasteiger partial charge >= 0.3 is 0 Å². The zero-order valence-corrected chi connectivity index (χ0v) is 6.41. The third-order valence-electron chi connectivity index (χ3n) is 1.33. The fraction of sp³-hybridized carbons (Fsp3) is 0. The number of rotatable bonds is 2. The number of nitrogens with zero attached hydrogens (tertiary/aromatic N) is 4. The Hall–Kier alpha value is -2.20. The SMILES string of the molecule is [N-]=[N+]=NC(=O)c1cccc(N=O)c1. The van der Waals surface area contributed by atoms with Gasteiger partial charge < -0.3 is 0 Å². The van der Waals surface area contributed by atoms with E-state index in [0.29, 0.717) is 0 Å². The maximum absolute atomic E-state index is 10.9. The lowest BCUT2D eigenvalue weighted by Crippen LogP contribution is -1.91. The van der Waals surface area contributed by atoms with Crippen molar-refractivity contribution in [2.75, 3.05) is 0 Å². The molecule has 0 spiro atoms. The van der Waals surface area contributed by atoms with Gasteiger partial charge in [0.1, 0.15) is 5.69 Å². The van der Waals surface area contributed by atoms with Crippen molar-refractivity contribution in [1.82, 2.24) is 0 Å². The molecule has 0 aliphatic rings. The smallest absolute Gasteiger partial charge is 0.249 e. The molecular formula is C7H4N4O2. The van der Waals surface area contributed by atoms with Gasteiger partial charge in [0.2, 0.25) is 5.91 Å². The minimum atomic E-state index is -0.729. The Morgan fingerprint density at radius 3 is 2.85 bits per heavy atom. The van der Waals surface area contributed by atoms with Crippen molar-refractivity contribution in [1.29, 1.82) is 0 Å². The molecule has 64 valence electrons. The summed E-state index contributed by atoms with van der Waals surface area (Å²) in [4.78, 5) is 23.4. The highest BCUT2D eigenvalue weighted by molar-refractivity contribution is 5.95. The van der Waals surface area contributed by atoms with E-state index in [-0.39, 0.29) is 11.3 Å². The molecule has 0 heterocycles. The lowest BCUT2D eigenvalue weighted by molar-refractivity contribution is 0.100. The topological polar surface area (TPSA) is 95.3 Å². The lowest BCUT2D eigenvalue weighted by Gasteiger charge is -1.93. The van der Waals surface area contributed by atoms with E-state index in [9.17, 15) is 9.70 Å². The van der Waals surface area contributed by atoms with Crippen molar-refractivity contribution in [2.45, 2.75) is 0 Å². The molecule has 1 rings (SSSR count). The predicted octanol–water partition coefficient (Wildman–Crippen LogP) is 2.54. The molecule has 0 aliphatic heterocycles. The summed E-state index contributed by atoms with van der Waals surface area (Å²) in [5, 5.41) is 5.50. The average molecular weight is 176 g/mol. The van der Waals surface area contributed by atoms with Gasteiger partial charge in [-0.3, -0.25) is 4.79 Å². The van der Waals surface area contributed by atoms with Crippen LogP contribution in [0, 0.1) is 4.91 Å². The van der Waals surface area contributed by atoms with Crippen LogP contribution in [0.1, 0.15) is 10.4 Å². The number of nitroso groups, excluding NO2 is 1. The number of azide groups is 1. The highest BCUT2D eigenvalue weighted by Crippen LogP contribution is 2.13. The average Bonchev–Trinajstić information content (AvgIpc) is 2.18. The summed E-state index contributed by atoms with van der Waals surface area (Å²) in [5.41, 5.74) is 8.25. The van der Waals surface area contributed by atoms with E-state index in [2.05, 4.69) is 15.2 Å². The second kappa shape index (κ2) is 3.99. The Balaban J connectivity index is 3.08. The molecule has 13 heavy (non-hydrogen) atoms. The molecule has 0 bridgehead atoms. The minimum Gasteiger partial charge on any atom is -0.287 e. The van der Waals surface area contributed by atoms with Gasteiger partial charge in [0.15, 0.2) is 0 Å². The summed E-state index contributed by atoms with van der Waals surface area (Å²) in [6, 6.07) is 5.62. The summed E-state index contributed by atoms with van der Waals surface area (Å²) in [5.74, 6) is -0.729. The summed E-state index contributed by atoms with van der Waals surface area (Å²) in [6.45, 7) is 0. The first kappa shape index (κ1) is 8.89. The van der Waals surface area contributed by atoms with Crippen LogP contribution in [0.25, 0.3) is 10.4 Å². The molecule has 0 saturated carbocycles. The van der Waals surface area contributed by atoms with Crippen LogP contribution in [-0.2, 0) is 0 Å². The first-order valence-electron chi connectivity index (χ1n) is 3.31. The Labute approximate surface area is 72.8 Å². The highest BCUT2D eigenvalue weighted by atomic mass is 16.3. The summed E-state index contributed by atoms with van der Waals surface area (Å²) in [7, 11) is 0. The van der Waals surface area contributed by atoms with Gasteiger partial charge in [0.05, 0.1) is 0 Å². The largest absolute Gasteiger partial charge is 0.287 e. The molecule has 0 aromatic heterocycles. The van der Waals surface area contributed by atoms with Crippen molar-refractivity contribution >= 4 is 11.6 Å². The molecule has 0 unspecified atom stereocenters. The molecule has 0 N–H and O–H groups in total. The molecule has 6 heteroatoms. The molecule has 1 aromatic carbocycles. The van der Waals surface area contributed by atoms with Gasteiger partial charge in [0, 0.05) is 10.5 Å². The second-order valence-corrected chi connectivity index (χ2v) is 2.14. The van der Waals surface area contributed by atoms with Gasteiger partial charge in [0.25, 0.3) is 0 Å². The third-order valence-corrected chi connectivity index (χ3v) is 1.33. The van der Waals surface area contributed by atoms with Gasteiger partial charge in [-0.25, -0.2) is 0 Å². The van der Waals surface area contributed by atoms with Crippen LogP contribution in [-0.4, -0.2) is 5.91 Å². The standard InChI is InChI=1S/C7H4N4O2/c8-11-9-7(12)5-2-1-3-6(4-5)10-13/h1-4H. The fourth-order valence-electron chi connectivity index (χ4n) is 0.794. The van der Waals surface area contributed by atoms with E-state index in [0.717, 1.165) is 0 Å². The quantitative estimate of drug-likeness (QED) is 0.299. The molecule has 1 amide bonds. The molecular weight excluding hydrogens is 172 g/mol. The van der Waals surface area contributed by atoms with Crippen molar-refractivity contribution in [2.24, 2.45) is 10.3 Å². The third kappa shape index (κ3) is 2.11. The van der Waals surface area contributed by atoms with Gasteiger partial charge in [-0.05, 0) is 28.0 Å². The van der Waals surface area contributed by atoms with E-state index in [1.165, 1.54) is 24.3 Å². The van der Waals surface area contributed by atoms with Crippen LogP contribution in [0.3, 0.4) is 0 Å². The molecule has 0 fully saturated rings. The van der Waals surface area contributed by atoms with E-state index in [1.807, 2.05) is 0 Å². The number of benzene rings is 1.